The number of amides is 1. The molecule has 2 aromatic carbocycles. The van der Waals surface area contributed by atoms with Crippen molar-refractivity contribution in [1.82, 2.24) is 10.6 Å². The van der Waals surface area contributed by atoms with Gasteiger partial charge in [0.2, 0.25) is 5.91 Å². The number of rotatable bonds is 7. The van der Waals surface area contributed by atoms with Crippen LogP contribution in [0.3, 0.4) is 0 Å². The van der Waals surface area contributed by atoms with Crippen LogP contribution in [0.25, 0.3) is 0 Å². The number of hydrogen-bond donors (Lipinski definition) is 2. The molecule has 2 atom stereocenters. The van der Waals surface area contributed by atoms with Crippen molar-refractivity contribution in [2.75, 3.05) is 19.6 Å². The second-order valence-corrected chi connectivity index (χ2v) is 7.10. The molecule has 2 N–H and O–H groups in total. The molecule has 0 spiro atoms. The normalized spacial score (nSPS) is 19.9. The zero-order valence-electron chi connectivity index (χ0n) is 15.2. The smallest absolute Gasteiger partial charge is 0.224 e. The second kappa shape index (κ2) is 9.35. The van der Waals surface area contributed by atoms with Crippen LogP contribution in [0.5, 0.6) is 0 Å². The van der Waals surface area contributed by atoms with E-state index in [1.807, 2.05) is 18.2 Å². The van der Waals surface area contributed by atoms with Gasteiger partial charge >= 0.3 is 0 Å². The van der Waals surface area contributed by atoms with Gasteiger partial charge in [-0.25, -0.2) is 0 Å². The molecule has 2 aromatic rings. The highest BCUT2D eigenvalue weighted by Crippen LogP contribution is 2.24. The van der Waals surface area contributed by atoms with Crippen LogP contribution in [-0.2, 0) is 4.79 Å². The Morgan fingerprint density at radius 2 is 1.69 bits per heavy atom. The highest BCUT2D eigenvalue weighted by atomic mass is 16.1. The Morgan fingerprint density at radius 1 is 1.08 bits per heavy atom. The highest BCUT2D eigenvalue weighted by Gasteiger charge is 2.27. The number of hydrogen-bond acceptors (Lipinski definition) is 2. The minimum absolute atomic E-state index is 0.0425. The molecule has 1 heterocycles. The second-order valence-electron chi connectivity index (χ2n) is 7.10. The topological polar surface area (TPSA) is 41.1 Å². The van der Waals surface area contributed by atoms with Crippen LogP contribution in [0.15, 0.2) is 73.3 Å². The quantitative estimate of drug-likeness (QED) is 0.749. The summed E-state index contributed by atoms with van der Waals surface area (Å²) >= 11 is 0. The third kappa shape index (κ3) is 4.83. The fraction of sp³-hybridized carbons (Fsp3) is 0.348. The van der Waals surface area contributed by atoms with E-state index in [1.165, 1.54) is 11.1 Å². The maximum Gasteiger partial charge on any atom is 0.224 e. The molecular formula is C23H28N2O. The van der Waals surface area contributed by atoms with Crippen LogP contribution in [0, 0.1) is 11.8 Å². The van der Waals surface area contributed by atoms with Crippen molar-refractivity contribution in [2.24, 2.45) is 11.8 Å². The van der Waals surface area contributed by atoms with E-state index < -0.39 is 0 Å². The van der Waals surface area contributed by atoms with Crippen LogP contribution in [-0.4, -0.2) is 25.5 Å². The molecular weight excluding hydrogens is 320 g/mol. The van der Waals surface area contributed by atoms with Crippen molar-refractivity contribution < 1.29 is 4.79 Å². The summed E-state index contributed by atoms with van der Waals surface area (Å²) in [6.07, 6.45) is 3.85. The Morgan fingerprint density at radius 3 is 2.27 bits per heavy atom. The van der Waals surface area contributed by atoms with E-state index in [9.17, 15) is 4.79 Å². The fourth-order valence-corrected chi connectivity index (χ4v) is 3.79. The number of allylic oxidation sites excluding steroid dienone is 1. The molecule has 0 aliphatic carbocycles. The third-order valence-corrected chi connectivity index (χ3v) is 5.20. The van der Waals surface area contributed by atoms with Crippen molar-refractivity contribution in [3.63, 3.8) is 0 Å². The van der Waals surface area contributed by atoms with Crippen molar-refractivity contribution in [1.29, 1.82) is 0 Å². The van der Waals surface area contributed by atoms with Crippen molar-refractivity contribution >= 4 is 5.91 Å². The maximum atomic E-state index is 12.7. The SMILES string of the molecule is C=CC[C@H]1CNC[C@@H](C(=O)NCC(c2ccccc2)c2ccccc2)C1. The minimum atomic E-state index is 0.0425. The first-order valence-electron chi connectivity index (χ1n) is 9.47. The molecule has 0 unspecified atom stereocenters. The predicted molar refractivity (Wildman–Crippen MR) is 107 cm³/mol. The molecule has 1 amide bonds. The van der Waals surface area contributed by atoms with E-state index in [2.05, 4.69) is 65.7 Å². The largest absolute Gasteiger partial charge is 0.355 e. The number of benzene rings is 2. The summed E-state index contributed by atoms with van der Waals surface area (Å²) in [5.41, 5.74) is 2.45. The van der Waals surface area contributed by atoms with Gasteiger partial charge in [-0.1, -0.05) is 66.7 Å². The van der Waals surface area contributed by atoms with Gasteiger partial charge in [0.15, 0.2) is 0 Å². The standard InChI is InChI=1S/C23H28N2O/c1-2-9-18-14-21(16-24-15-18)23(26)25-17-22(19-10-5-3-6-11-19)20-12-7-4-8-13-20/h2-8,10-13,18,21-22,24H,1,9,14-17H2,(H,25,26)/t18-,21+/m1/s1. The summed E-state index contributed by atoms with van der Waals surface area (Å²) in [5.74, 6) is 0.877. The summed E-state index contributed by atoms with van der Waals surface area (Å²) < 4.78 is 0. The van der Waals surface area contributed by atoms with Gasteiger partial charge in [-0.2, -0.15) is 0 Å². The summed E-state index contributed by atoms with van der Waals surface area (Å²) in [6, 6.07) is 20.8. The van der Waals surface area contributed by atoms with E-state index in [0.29, 0.717) is 12.5 Å². The molecule has 1 fully saturated rings. The van der Waals surface area contributed by atoms with E-state index in [-0.39, 0.29) is 17.7 Å². The van der Waals surface area contributed by atoms with Crippen LogP contribution in [0.1, 0.15) is 29.9 Å². The Kier molecular flexibility index (Phi) is 6.62. The zero-order valence-corrected chi connectivity index (χ0v) is 15.2. The van der Waals surface area contributed by atoms with Crippen molar-refractivity contribution in [3.8, 4) is 0 Å². The Bertz CT molecular complexity index is 659. The highest BCUT2D eigenvalue weighted by molar-refractivity contribution is 5.79. The number of piperidine rings is 1. The number of carbonyl (C=O) groups is 1. The molecule has 0 aromatic heterocycles. The molecule has 1 aliphatic heterocycles. The van der Waals surface area contributed by atoms with Gasteiger partial charge in [0.25, 0.3) is 0 Å². The molecule has 1 aliphatic rings. The monoisotopic (exact) mass is 348 g/mol. The van der Waals surface area contributed by atoms with E-state index in [0.717, 1.165) is 25.9 Å². The minimum Gasteiger partial charge on any atom is -0.355 e. The Balaban J connectivity index is 1.66. The molecule has 0 radical (unpaired) electrons. The zero-order chi connectivity index (χ0) is 18.2. The van der Waals surface area contributed by atoms with Crippen LogP contribution in [0.2, 0.25) is 0 Å². The average Bonchev–Trinajstić information content (AvgIpc) is 2.70. The average molecular weight is 348 g/mol. The van der Waals surface area contributed by atoms with Gasteiger partial charge in [-0.3, -0.25) is 4.79 Å². The molecule has 1 saturated heterocycles. The van der Waals surface area contributed by atoms with E-state index in [1.54, 1.807) is 0 Å². The molecule has 0 saturated carbocycles. The Labute approximate surface area is 156 Å². The Hall–Kier alpha value is -2.39. The lowest BCUT2D eigenvalue weighted by Crippen LogP contribution is -2.44. The van der Waals surface area contributed by atoms with Crippen molar-refractivity contribution in [3.05, 3.63) is 84.4 Å². The predicted octanol–water partition coefficient (Wildman–Crippen LogP) is 3.74. The van der Waals surface area contributed by atoms with Gasteiger partial charge in [0.05, 0.1) is 5.92 Å². The van der Waals surface area contributed by atoms with Crippen LogP contribution >= 0.6 is 0 Å². The first-order valence-corrected chi connectivity index (χ1v) is 9.47. The van der Waals surface area contributed by atoms with Gasteiger partial charge in [-0.15, -0.1) is 6.58 Å². The van der Waals surface area contributed by atoms with Crippen LogP contribution in [0.4, 0.5) is 0 Å². The summed E-state index contributed by atoms with van der Waals surface area (Å²) in [5, 5.41) is 6.60. The summed E-state index contributed by atoms with van der Waals surface area (Å²) in [7, 11) is 0. The first-order chi connectivity index (χ1) is 12.8. The fourth-order valence-electron chi connectivity index (χ4n) is 3.79. The van der Waals surface area contributed by atoms with E-state index in [4.69, 9.17) is 0 Å². The lowest BCUT2D eigenvalue weighted by molar-refractivity contribution is -0.125. The molecule has 0 bridgehead atoms. The van der Waals surface area contributed by atoms with Gasteiger partial charge in [0.1, 0.15) is 0 Å². The first kappa shape index (κ1) is 18.4. The van der Waals surface area contributed by atoms with Gasteiger partial charge in [0, 0.05) is 19.0 Å². The number of nitrogens with one attached hydrogen (secondary N) is 2. The summed E-state index contributed by atoms with van der Waals surface area (Å²) in [6.45, 7) is 6.19. The van der Waals surface area contributed by atoms with Gasteiger partial charge < -0.3 is 10.6 Å². The molecule has 26 heavy (non-hydrogen) atoms. The number of carbonyl (C=O) groups excluding carboxylic acids is 1. The lowest BCUT2D eigenvalue weighted by atomic mass is 9.87. The van der Waals surface area contributed by atoms with E-state index >= 15 is 0 Å². The molecule has 3 rings (SSSR count). The lowest BCUT2D eigenvalue weighted by Gasteiger charge is -2.29. The third-order valence-electron chi connectivity index (χ3n) is 5.20. The van der Waals surface area contributed by atoms with Crippen molar-refractivity contribution in [2.45, 2.75) is 18.8 Å². The molecule has 3 nitrogen and oxygen atoms in total. The van der Waals surface area contributed by atoms with Crippen LogP contribution < -0.4 is 10.6 Å². The molecule has 3 heteroatoms. The van der Waals surface area contributed by atoms with Gasteiger partial charge in [-0.05, 0) is 36.4 Å². The maximum absolute atomic E-state index is 12.7. The molecule has 136 valence electrons. The summed E-state index contributed by atoms with van der Waals surface area (Å²) in [4.78, 5) is 12.7.